The SMILES string of the molecule is CCOc1ccc(Cc2cc([C@]3(I)O[C@H](CO)[C@@H](OCc4ccccc4)C(OCc4ccccc4)[C@H]3OCc3ccccc3)ccc2Cl)c(F)c1F. The molecule has 1 N–H and O–H groups in total. The third kappa shape index (κ3) is 9.02. The van der Waals surface area contributed by atoms with Crippen LogP contribution in [0.1, 0.15) is 40.3 Å². The molecule has 6 nitrogen and oxygen atoms in total. The lowest BCUT2D eigenvalue weighted by atomic mass is 9.89. The standard InChI is InChI=1S/C42H40ClF2IO6/c1-2-48-35-21-18-31(37(44)38(35)45)22-32-23-33(19-20-34(32)43)42(46)41(51-27-30-16-10-5-11-17-30)40(50-26-29-14-8-4-9-15-29)39(36(24-47)52-42)49-25-28-12-6-3-7-13-28/h3-21,23,36,39-41,47H,2,22,24-27H2,1H3/t36-,39-,40?,41-,42+/m1/s1. The minimum atomic E-state index is -1.25. The molecule has 272 valence electrons. The molecule has 1 fully saturated rings. The molecular weight excluding hydrogens is 801 g/mol. The summed E-state index contributed by atoms with van der Waals surface area (Å²) in [6, 6.07) is 37.6. The molecule has 10 heteroatoms. The first-order valence-electron chi connectivity index (χ1n) is 17.1. The average Bonchev–Trinajstić information content (AvgIpc) is 3.17. The van der Waals surface area contributed by atoms with E-state index in [0.717, 1.165) is 16.7 Å². The highest BCUT2D eigenvalue weighted by Gasteiger charge is 2.56. The highest BCUT2D eigenvalue weighted by molar-refractivity contribution is 14.1. The van der Waals surface area contributed by atoms with E-state index in [2.05, 4.69) is 22.6 Å². The molecule has 1 aliphatic heterocycles. The van der Waals surface area contributed by atoms with Crippen molar-refractivity contribution in [1.82, 2.24) is 0 Å². The van der Waals surface area contributed by atoms with Crippen LogP contribution in [0.3, 0.4) is 0 Å². The first-order valence-corrected chi connectivity index (χ1v) is 18.6. The van der Waals surface area contributed by atoms with Crippen molar-refractivity contribution in [2.45, 2.75) is 61.2 Å². The lowest BCUT2D eigenvalue weighted by molar-refractivity contribution is -0.278. The van der Waals surface area contributed by atoms with E-state index in [0.29, 0.717) is 16.1 Å². The van der Waals surface area contributed by atoms with Crippen LogP contribution in [0.2, 0.25) is 5.02 Å². The number of aliphatic hydroxyl groups is 1. The zero-order valence-corrected chi connectivity index (χ0v) is 31.5. The summed E-state index contributed by atoms with van der Waals surface area (Å²) >= 11 is 8.92. The Kier molecular flexibility index (Phi) is 13.3. The molecule has 6 rings (SSSR count). The predicted octanol–water partition coefficient (Wildman–Crippen LogP) is 9.34. The van der Waals surface area contributed by atoms with Gasteiger partial charge in [-0.05, 0) is 75.0 Å². The second kappa shape index (κ2) is 18.1. The van der Waals surface area contributed by atoms with Gasteiger partial charge in [0, 0.05) is 11.4 Å². The van der Waals surface area contributed by atoms with E-state index in [1.54, 1.807) is 13.0 Å². The number of aliphatic hydroxyl groups excluding tert-OH is 1. The van der Waals surface area contributed by atoms with Crippen LogP contribution < -0.4 is 4.74 Å². The van der Waals surface area contributed by atoms with E-state index >= 15 is 4.39 Å². The van der Waals surface area contributed by atoms with Crippen molar-refractivity contribution in [3.05, 3.63) is 171 Å². The van der Waals surface area contributed by atoms with E-state index in [9.17, 15) is 9.50 Å². The monoisotopic (exact) mass is 840 g/mol. The minimum absolute atomic E-state index is 0.00423. The quantitative estimate of drug-likeness (QED) is 0.0838. The molecule has 5 aromatic rings. The highest BCUT2D eigenvalue weighted by atomic mass is 127. The molecule has 5 aromatic carbocycles. The Morgan fingerprint density at radius 1 is 0.712 bits per heavy atom. The fraction of sp³-hybridized carbons (Fsp3) is 0.286. The number of hydrogen-bond acceptors (Lipinski definition) is 6. The third-order valence-electron chi connectivity index (χ3n) is 8.95. The van der Waals surface area contributed by atoms with Gasteiger partial charge in [0.1, 0.15) is 24.4 Å². The van der Waals surface area contributed by atoms with Gasteiger partial charge in [0.15, 0.2) is 15.2 Å². The Labute approximate surface area is 321 Å². The van der Waals surface area contributed by atoms with Crippen LogP contribution in [0.15, 0.2) is 121 Å². The minimum Gasteiger partial charge on any atom is -0.491 e. The third-order valence-corrected chi connectivity index (χ3v) is 10.8. The summed E-state index contributed by atoms with van der Waals surface area (Å²) in [6.45, 7) is 2.29. The van der Waals surface area contributed by atoms with Crippen molar-refractivity contribution in [1.29, 1.82) is 0 Å². The van der Waals surface area contributed by atoms with Crippen molar-refractivity contribution in [3.8, 4) is 5.75 Å². The molecule has 1 saturated heterocycles. The van der Waals surface area contributed by atoms with Gasteiger partial charge in [-0.3, -0.25) is 0 Å². The molecule has 0 spiro atoms. The summed E-state index contributed by atoms with van der Waals surface area (Å²) in [6.07, 6.45) is -3.06. The summed E-state index contributed by atoms with van der Waals surface area (Å²) in [5.74, 6) is -2.19. The van der Waals surface area contributed by atoms with Crippen molar-refractivity contribution in [2.24, 2.45) is 0 Å². The Hall–Kier alpha value is -3.42. The van der Waals surface area contributed by atoms with Crippen molar-refractivity contribution in [3.63, 3.8) is 0 Å². The molecule has 0 amide bonds. The van der Waals surface area contributed by atoms with Crippen molar-refractivity contribution in [2.75, 3.05) is 13.2 Å². The fourth-order valence-corrected chi connectivity index (χ4v) is 7.69. The lowest BCUT2D eigenvalue weighted by Gasteiger charge is -2.50. The van der Waals surface area contributed by atoms with Gasteiger partial charge in [-0.2, -0.15) is 4.39 Å². The van der Waals surface area contributed by atoms with Gasteiger partial charge < -0.3 is 28.8 Å². The first kappa shape index (κ1) is 38.3. The van der Waals surface area contributed by atoms with E-state index in [1.165, 1.54) is 12.1 Å². The first-order chi connectivity index (χ1) is 25.3. The number of benzene rings is 5. The van der Waals surface area contributed by atoms with Crippen LogP contribution in [0.4, 0.5) is 8.78 Å². The van der Waals surface area contributed by atoms with Crippen LogP contribution >= 0.6 is 34.2 Å². The second-order valence-electron chi connectivity index (χ2n) is 12.5. The molecule has 0 aromatic heterocycles. The fourth-order valence-electron chi connectivity index (χ4n) is 6.31. The molecule has 1 unspecified atom stereocenters. The van der Waals surface area contributed by atoms with Crippen LogP contribution in [-0.4, -0.2) is 42.7 Å². The normalized spacial score (nSPS) is 21.6. The lowest BCUT2D eigenvalue weighted by Crippen LogP contribution is -2.63. The van der Waals surface area contributed by atoms with Gasteiger partial charge >= 0.3 is 0 Å². The van der Waals surface area contributed by atoms with Crippen LogP contribution in [0.5, 0.6) is 5.75 Å². The molecule has 52 heavy (non-hydrogen) atoms. The van der Waals surface area contributed by atoms with Crippen LogP contribution in [0.25, 0.3) is 0 Å². The number of rotatable bonds is 15. The molecule has 0 bridgehead atoms. The van der Waals surface area contributed by atoms with Gasteiger partial charge in [-0.15, -0.1) is 0 Å². The zero-order chi connectivity index (χ0) is 36.5. The number of ether oxygens (including phenoxy) is 5. The molecule has 0 radical (unpaired) electrons. The smallest absolute Gasteiger partial charge is 0.200 e. The maximum atomic E-state index is 15.3. The van der Waals surface area contributed by atoms with Gasteiger partial charge in [0.05, 0.1) is 33.0 Å². The molecule has 0 saturated carbocycles. The van der Waals surface area contributed by atoms with Crippen LogP contribution in [0, 0.1) is 11.6 Å². The van der Waals surface area contributed by atoms with Gasteiger partial charge in [0.2, 0.25) is 5.82 Å². The topological polar surface area (TPSA) is 66.4 Å². The summed E-state index contributed by atoms with van der Waals surface area (Å²) in [4.78, 5) is 0. The van der Waals surface area contributed by atoms with Gasteiger partial charge in [-0.25, -0.2) is 4.39 Å². The molecular formula is C42H40ClF2IO6. The second-order valence-corrected chi connectivity index (χ2v) is 14.5. The molecule has 1 aliphatic rings. The van der Waals surface area contributed by atoms with E-state index < -0.39 is 39.7 Å². The van der Waals surface area contributed by atoms with E-state index in [-0.39, 0.29) is 50.8 Å². The summed E-state index contributed by atoms with van der Waals surface area (Å²) < 4.78 is 61.1. The molecule has 5 atom stereocenters. The van der Waals surface area contributed by atoms with E-state index in [1.807, 2.05) is 103 Å². The molecule has 1 heterocycles. The number of hydrogen-bond donors (Lipinski definition) is 1. The highest BCUT2D eigenvalue weighted by Crippen LogP contribution is 2.48. The van der Waals surface area contributed by atoms with Crippen molar-refractivity contribution < 1.29 is 37.6 Å². The Morgan fingerprint density at radius 3 is 1.83 bits per heavy atom. The summed E-state index contributed by atoms with van der Waals surface area (Å²) in [5.41, 5.74) is 4.16. The molecule has 0 aliphatic carbocycles. The average molecular weight is 841 g/mol. The predicted molar refractivity (Wildman–Crippen MR) is 204 cm³/mol. The zero-order valence-electron chi connectivity index (χ0n) is 28.6. The number of halogens is 4. The summed E-state index contributed by atoms with van der Waals surface area (Å²) in [5, 5.41) is 11.2. The van der Waals surface area contributed by atoms with Crippen molar-refractivity contribution >= 4 is 34.2 Å². The summed E-state index contributed by atoms with van der Waals surface area (Å²) in [7, 11) is 0. The Morgan fingerprint density at radius 2 is 1.27 bits per heavy atom. The number of alkyl halides is 1. The van der Waals surface area contributed by atoms with Gasteiger partial charge in [0.25, 0.3) is 0 Å². The largest absolute Gasteiger partial charge is 0.491 e. The van der Waals surface area contributed by atoms with Gasteiger partial charge in [-0.1, -0.05) is 121 Å². The maximum absolute atomic E-state index is 15.3. The Balaban J connectivity index is 1.40. The Bertz CT molecular complexity index is 1890. The maximum Gasteiger partial charge on any atom is 0.200 e. The van der Waals surface area contributed by atoms with Crippen LogP contribution in [-0.2, 0) is 48.8 Å². The van der Waals surface area contributed by atoms with E-state index in [4.69, 9.17) is 35.3 Å².